The van der Waals surface area contributed by atoms with E-state index in [4.69, 9.17) is 16.9 Å². The molecule has 3 aromatic rings. The highest BCUT2D eigenvalue weighted by atomic mass is 35.5. The van der Waals surface area contributed by atoms with Gasteiger partial charge in [0.15, 0.2) is 5.78 Å². The number of amides is 1. The normalized spacial score (nSPS) is 17.2. The van der Waals surface area contributed by atoms with Gasteiger partial charge in [0.25, 0.3) is 5.92 Å². The predicted molar refractivity (Wildman–Crippen MR) is 126 cm³/mol. The van der Waals surface area contributed by atoms with Gasteiger partial charge in [-0.05, 0) is 40.6 Å². The molecule has 0 aliphatic carbocycles. The number of rotatable bonds is 6. The van der Waals surface area contributed by atoms with Crippen LogP contribution in [0.3, 0.4) is 0 Å². The van der Waals surface area contributed by atoms with Crippen molar-refractivity contribution in [3.8, 4) is 6.07 Å². The third kappa shape index (κ3) is 5.29. The maximum atomic E-state index is 13.6. The van der Waals surface area contributed by atoms with Gasteiger partial charge in [0.1, 0.15) is 6.04 Å². The molecule has 0 bridgehead atoms. The highest BCUT2D eigenvalue weighted by molar-refractivity contribution is 6.31. The number of benzene rings is 2. The summed E-state index contributed by atoms with van der Waals surface area (Å²) in [5.74, 6) is -4.01. The van der Waals surface area contributed by atoms with Crippen LogP contribution >= 0.6 is 11.6 Å². The van der Waals surface area contributed by atoms with Gasteiger partial charge in [-0.1, -0.05) is 42.0 Å². The summed E-state index contributed by atoms with van der Waals surface area (Å²) in [6.07, 6.45) is 5.59. The van der Waals surface area contributed by atoms with Crippen LogP contribution in [0, 0.1) is 11.3 Å². The third-order valence-corrected chi connectivity index (χ3v) is 5.97. The van der Waals surface area contributed by atoms with Gasteiger partial charge in [0.05, 0.1) is 12.6 Å². The van der Waals surface area contributed by atoms with Crippen molar-refractivity contribution in [3.63, 3.8) is 0 Å². The quantitative estimate of drug-likeness (QED) is 0.420. The number of aromatic nitrogens is 1. The van der Waals surface area contributed by atoms with Gasteiger partial charge in [0, 0.05) is 47.8 Å². The van der Waals surface area contributed by atoms with Crippen LogP contribution in [0.5, 0.6) is 0 Å². The minimum atomic E-state index is -3.09. The molecule has 2 aromatic carbocycles. The lowest BCUT2D eigenvalue weighted by molar-refractivity contribution is -0.132. The Bertz CT molecular complexity index is 1330. The fraction of sp³-hybridized carbons (Fsp3) is 0.231. The number of nitrogens with zero attached hydrogens (tertiary/aromatic N) is 3. The maximum Gasteiger partial charge on any atom is 0.268 e. The van der Waals surface area contributed by atoms with E-state index in [9.17, 15) is 18.4 Å². The second-order valence-corrected chi connectivity index (χ2v) is 8.63. The summed E-state index contributed by atoms with van der Waals surface area (Å²) < 4.78 is 27.2. The summed E-state index contributed by atoms with van der Waals surface area (Å²) in [5.41, 5.74) is 1.89. The van der Waals surface area contributed by atoms with Crippen LogP contribution in [0.15, 0.2) is 54.9 Å². The van der Waals surface area contributed by atoms with Crippen LogP contribution < -0.4 is 0 Å². The molecule has 0 spiro atoms. The second-order valence-electron chi connectivity index (χ2n) is 8.20. The lowest BCUT2D eigenvalue weighted by Crippen LogP contribution is -2.36. The minimum Gasteiger partial charge on any atom is -0.320 e. The Kier molecular flexibility index (Phi) is 6.71. The van der Waals surface area contributed by atoms with Gasteiger partial charge < -0.3 is 4.90 Å². The van der Waals surface area contributed by atoms with E-state index in [1.165, 1.54) is 6.20 Å². The zero-order valence-corrected chi connectivity index (χ0v) is 18.8. The van der Waals surface area contributed by atoms with Gasteiger partial charge in [-0.2, -0.15) is 5.26 Å². The molecule has 34 heavy (non-hydrogen) atoms. The fourth-order valence-corrected chi connectivity index (χ4v) is 4.19. The molecule has 1 saturated heterocycles. The van der Waals surface area contributed by atoms with Crippen LogP contribution in [0.25, 0.3) is 22.9 Å². The first-order valence-corrected chi connectivity index (χ1v) is 11.0. The monoisotopic (exact) mass is 479 g/mol. The van der Waals surface area contributed by atoms with E-state index in [1.54, 1.807) is 24.4 Å². The average Bonchev–Trinajstić information content (AvgIpc) is 3.15. The number of alkyl halides is 2. The SMILES string of the molecule is N#C[C@@H]1CC(F)(F)CN1C(=O)CCC(=O)c1ccncc1/C=C/c1ccc2cc(Cl)ccc2c1. The molecule has 2 heterocycles. The first-order valence-electron chi connectivity index (χ1n) is 10.7. The summed E-state index contributed by atoms with van der Waals surface area (Å²) in [4.78, 5) is 30.2. The lowest BCUT2D eigenvalue weighted by Gasteiger charge is -2.18. The van der Waals surface area contributed by atoms with Crippen LogP contribution in [0.4, 0.5) is 8.78 Å². The van der Waals surface area contributed by atoms with Gasteiger partial charge >= 0.3 is 0 Å². The van der Waals surface area contributed by atoms with Crippen molar-refractivity contribution < 1.29 is 18.4 Å². The van der Waals surface area contributed by atoms with Gasteiger partial charge in [-0.25, -0.2) is 8.78 Å². The molecule has 1 aromatic heterocycles. The first-order chi connectivity index (χ1) is 16.3. The first kappa shape index (κ1) is 23.5. The number of halogens is 3. The molecule has 1 aliphatic heterocycles. The molecule has 4 rings (SSSR count). The molecule has 0 radical (unpaired) electrons. The average molecular weight is 480 g/mol. The summed E-state index contributed by atoms with van der Waals surface area (Å²) >= 11 is 6.03. The van der Waals surface area contributed by atoms with E-state index in [2.05, 4.69) is 4.98 Å². The van der Waals surface area contributed by atoms with Gasteiger partial charge in [-0.3, -0.25) is 14.6 Å². The van der Waals surface area contributed by atoms with Crippen molar-refractivity contribution in [1.82, 2.24) is 9.88 Å². The fourth-order valence-electron chi connectivity index (χ4n) is 4.01. The largest absolute Gasteiger partial charge is 0.320 e. The summed E-state index contributed by atoms with van der Waals surface area (Å²) in [5, 5.41) is 11.8. The van der Waals surface area contributed by atoms with Crippen molar-refractivity contribution in [2.75, 3.05) is 6.54 Å². The van der Waals surface area contributed by atoms with Crippen LogP contribution in [-0.2, 0) is 4.79 Å². The molecule has 172 valence electrons. The van der Waals surface area contributed by atoms with E-state index in [0.29, 0.717) is 16.1 Å². The number of hydrogen-bond acceptors (Lipinski definition) is 4. The van der Waals surface area contributed by atoms with Crippen molar-refractivity contribution in [1.29, 1.82) is 5.26 Å². The summed E-state index contributed by atoms with van der Waals surface area (Å²) in [6, 6.07) is 13.7. The number of hydrogen-bond donors (Lipinski definition) is 0. The lowest BCUT2D eigenvalue weighted by atomic mass is 10.0. The van der Waals surface area contributed by atoms with Crippen molar-refractivity contribution in [3.05, 3.63) is 76.6 Å². The Morgan fingerprint density at radius 3 is 2.71 bits per heavy atom. The highest BCUT2D eigenvalue weighted by Crippen LogP contribution is 2.32. The summed E-state index contributed by atoms with van der Waals surface area (Å²) in [7, 11) is 0. The molecular weight excluding hydrogens is 460 g/mol. The number of fused-ring (bicyclic) bond motifs is 1. The Morgan fingerprint density at radius 2 is 1.91 bits per heavy atom. The molecule has 5 nitrogen and oxygen atoms in total. The highest BCUT2D eigenvalue weighted by Gasteiger charge is 2.47. The molecule has 1 amide bonds. The van der Waals surface area contributed by atoms with Crippen LogP contribution in [-0.4, -0.2) is 40.1 Å². The second kappa shape index (κ2) is 9.70. The van der Waals surface area contributed by atoms with Crippen molar-refractivity contribution in [2.24, 2.45) is 0 Å². The third-order valence-electron chi connectivity index (χ3n) is 5.74. The molecular formula is C26H20ClF2N3O2. The van der Waals surface area contributed by atoms with E-state index in [1.807, 2.05) is 42.5 Å². The smallest absolute Gasteiger partial charge is 0.268 e. The standard InChI is InChI=1S/C26H20ClF2N3O2/c27-21-6-5-18-11-17(1-3-19(18)12-21)2-4-20-15-31-10-9-23(20)24(33)7-8-25(34)32-16-26(28,29)13-22(32)14-30/h1-6,9-12,15,22H,7-8,13,16H2/b4-2+/t22-/m0/s1. The zero-order chi connectivity index (χ0) is 24.3. The van der Waals surface area contributed by atoms with E-state index in [0.717, 1.165) is 21.2 Å². The van der Waals surface area contributed by atoms with Crippen molar-refractivity contribution in [2.45, 2.75) is 31.2 Å². The topological polar surface area (TPSA) is 74.1 Å². The van der Waals surface area contributed by atoms with Crippen LogP contribution in [0.1, 0.15) is 40.7 Å². The Morgan fingerprint density at radius 1 is 1.15 bits per heavy atom. The molecule has 8 heteroatoms. The number of carbonyl (C=O) groups is 2. The molecule has 1 aliphatic rings. The number of Topliss-reactive ketones (excluding diaryl/α,β-unsaturated/α-hetero) is 1. The molecule has 1 atom stereocenters. The molecule has 0 N–H and O–H groups in total. The zero-order valence-electron chi connectivity index (χ0n) is 18.0. The number of carbonyl (C=O) groups excluding carboxylic acids is 2. The van der Waals surface area contributed by atoms with Crippen LogP contribution in [0.2, 0.25) is 5.02 Å². The molecule has 0 unspecified atom stereocenters. The van der Waals surface area contributed by atoms with E-state index in [-0.39, 0.29) is 18.6 Å². The number of likely N-dealkylation sites (tertiary alicyclic amines) is 1. The molecule has 0 saturated carbocycles. The predicted octanol–water partition coefficient (Wildman–Crippen LogP) is 5.78. The number of nitriles is 1. The minimum absolute atomic E-state index is 0.152. The van der Waals surface area contributed by atoms with E-state index < -0.39 is 30.8 Å². The van der Waals surface area contributed by atoms with Gasteiger partial charge in [0.2, 0.25) is 5.91 Å². The Hall–Kier alpha value is -3.63. The van der Waals surface area contributed by atoms with Crippen molar-refractivity contribution >= 4 is 46.2 Å². The summed E-state index contributed by atoms with van der Waals surface area (Å²) in [6.45, 7) is -0.792. The maximum absolute atomic E-state index is 13.6. The molecule has 1 fully saturated rings. The van der Waals surface area contributed by atoms with E-state index >= 15 is 0 Å². The number of ketones is 1. The van der Waals surface area contributed by atoms with Gasteiger partial charge in [-0.15, -0.1) is 0 Å². The Labute approximate surface area is 200 Å². The number of pyridine rings is 1. The Balaban J connectivity index is 1.46.